The quantitative estimate of drug-likeness (QED) is 0.843. The molecule has 1 fully saturated rings. The molecule has 1 aromatic rings. The maximum atomic E-state index is 5.72. The molecule has 1 heterocycles. The van der Waals surface area contributed by atoms with Crippen LogP contribution < -0.4 is 10.6 Å². The highest BCUT2D eigenvalue weighted by Crippen LogP contribution is 2.26. The Bertz CT molecular complexity index is 347. The molecule has 4 heteroatoms. The molecule has 1 saturated carbocycles. The molecule has 0 radical (unpaired) electrons. The molecular formula is C13H22N4. The fourth-order valence-corrected chi connectivity index (χ4v) is 2.58. The van der Waals surface area contributed by atoms with Crippen molar-refractivity contribution in [2.75, 3.05) is 18.0 Å². The molecular weight excluding hydrogens is 212 g/mol. The van der Waals surface area contributed by atoms with E-state index in [0.717, 1.165) is 24.5 Å². The second kappa shape index (κ2) is 5.96. The zero-order chi connectivity index (χ0) is 12.1. The van der Waals surface area contributed by atoms with E-state index in [2.05, 4.69) is 27.9 Å². The number of hydrogen-bond donors (Lipinski definition) is 1. The third-order valence-electron chi connectivity index (χ3n) is 3.50. The normalized spacial score (nSPS) is 16.4. The summed E-state index contributed by atoms with van der Waals surface area (Å²) in [5.74, 6) is 1.05. The summed E-state index contributed by atoms with van der Waals surface area (Å²) in [6, 6.07) is 2.73. The molecule has 0 aromatic carbocycles. The summed E-state index contributed by atoms with van der Waals surface area (Å²) in [6.07, 6.45) is 7.83. The third-order valence-corrected chi connectivity index (χ3v) is 3.50. The summed E-state index contributed by atoms with van der Waals surface area (Å²) in [4.78, 5) is 11.0. The zero-order valence-electron chi connectivity index (χ0n) is 10.6. The molecule has 0 atom stereocenters. The van der Waals surface area contributed by atoms with E-state index in [1.165, 1.54) is 25.7 Å². The van der Waals surface area contributed by atoms with Crippen LogP contribution in [-0.2, 0) is 6.42 Å². The number of nitrogens with two attached hydrogens (primary N) is 1. The number of hydrogen-bond acceptors (Lipinski definition) is 4. The van der Waals surface area contributed by atoms with Crippen LogP contribution in [0.15, 0.2) is 12.4 Å². The molecule has 94 valence electrons. The van der Waals surface area contributed by atoms with Crippen LogP contribution in [0.5, 0.6) is 0 Å². The summed E-state index contributed by atoms with van der Waals surface area (Å²) < 4.78 is 0. The van der Waals surface area contributed by atoms with Crippen molar-refractivity contribution in [1.82, 2.24) is 9.97 Å². The Balaban J connectivity index is 2.18. The van der Waals surface area contributed by atoms with Crippen LogP contribution in [-0.4, -0.2) is 29.1 Å². The van der Waals surface area contributed by atoms with Gasteiger partial charge in [0.2, 0.25) is 0 Å². The molecule has 0 saturated heterocycles. The monoisotopic (exact) mass is 234 g/mol. The molecule has 2 N–H and O–H groups in total. The highest BCUT2D eigenvalue weighted by atomic mass is 15.2. The van der Waals surface area contributed by atoms with E-state index in [9.17, 15) is 0 Å². The molecule has 0 aliphatic heterocycles. The van der Waals surface area contributed by atoms with E-state index in [1.807, 2.05) is 0 Å². The van der Waals surface area contributed by atoms with Crippen LogP contribution in [0.2, 0.25) is 0 Å². The molecule has 0 spiro atoms. The van der Waals surface area contributed by atoms with Gasteiger partial charge in [-0.15, -0.1) is 0 Å². The number of aryl methyl sites for hydroxylation is 1. The largest absolute Gasteiger partial charge is 0.352 e. The van der Waals surface area contributed by atoms with Crippen LogP contribution >= 0.6 is 0 Å². The van der Waals surface area contributed by atoms with E-state index in [1.54, 1.807) is 6.33 Å². The lowest BCUT2D eigenvalue weighted by atomic mass is 10.2. The van der Waals surface area contributed by atoms with Crippen molar-refractivity contribution in [3.63, 3.8) is 0 Å². The van der Waals surface area contributed by atoms with Gasteiger partial charge < -0.3 is 10.6 Å². The predicted octanol–water partition coefficient (Wildman–Crippen LogP) is 1.75. The Morgan fingerprint density at radius 2 is 2.12 bits per heavy atom. The lowest BCUT2D eigenvalue weighted by Gasteiger charge is -2.29. The predicted molar refractivity (Wildman–Crippen MR) is 70.1 cm³/mol. The van der Waals surface area contributed by atoms with Crippen molar-refractivity contribution in [3.05, 3.63) is 18.1 Å². The fourth-order valence-electron chi connectivity index (χ4n) is 2.58. The first-order valence-electron chi connectivity index (χ1n) is 6.62. The van der Waals surface area contributed by atoms with Crippen molar-refractivity contribution in [2.24, 2.45) is 5.73 Å². The van der Waals surface area contributed by atoms with Gasteiger partial charge in [-0.3, -0.25) is 0 Å². The highest BCUT2D eigenvalue weighted by molar-refractivity contribution is 5.40. The van der Waals surface area contributed by atoms with Crippen LogP contribution in [0.3, 0.4) is 0 Å². The van der Waals surface area contributed by atoms with Gasteiger partial charge in [0.25, 0.3) is 0 Å². The van der Waals surface area contributed by atoms with Crippen molar-refractivity contribution >= 4 is 5.82 Å². The summed E-state index contributed by atoms with van der Waals surface area (Å²) in [6.45, 7) is 3.70. The second-order valence-electron chi connectivity index (χ2n) is 4.64. The number of nitrogens with zero attached hydrogens (tertiary/aromatic N) is 3. The van der Waals surface area contributed by atoms with Crippen molar-refractivity contribution < 1.29 is 0 Å². The molecule has 1 aliphatic carbocycles. The van der Waals surface area contributed by atoms with Crippen molar-refractivity contribution in [1.29, 1.82) is 0 Å². The lowest BCUT2D eigenvalue weighted by Crippen LogP contribution is -2.38. The van der Waals surface area contributed by atoms with Gasteiger partial charge >= 0.3 is 0 Å². The van der Waals surface area contributed by atoms with Gasteiger partial charge in [-0.2, -0.15) is 0 Å². The minimum absolute atomic E-state index is 0.623. The lowest BCUT2D eigenvalue weighted by molar-refractivity contribution is 0.601. The second-order valence-corrected chi connectivity index (χ2v) is 4.64. The van der Waals surface area contributed by atoms with E-state index in [4.69, 9.17) is 5.73 Å². The minimum atomic E-state index is 0.623. The number of aromatic nitrogens is 2. The van der Waals surface area contributed by atoms with E-state index in [-0.39, 0.29) is 0 Å². The zero-order valence-corrected chi connectivity index (χ0v) is 10.6. The molecule has 2 rings (SSSR count). The van der Waals surface area contributed by atoms with Gasteiger partial charge in [-0.25, -0.2) is 9.97 Å². The smallest absolute Gasteiger partial charge is 0.132 e. The SMILES string of the molecule is CCc1cc(N(CCN)C2CCCC2)ncn1. The summed E-state index contributed by atoms with van der Waals surface area (Å²) in [7, 11) is 0. The van der Waals surface area contributed by atoms with Gasteiger partial charge in [0.15, 0.2) is 0 Å². The molecule has 1 aromatic heterocycles. The molecule has 4 nitrogen and oxygen atoms in total. The van der Waals surface area contributed by atoms with E-state index >= 15 is 0 Å². The fraction of sp³-hybridized carbons (Fsp3) is 0.692. The third kappa shape index (κ3) is 2.94. The van der Waals surface area contributed by atoms with Crippen molar-refractivity contribution in [3.8, 4) is 0 Å². The van der Waals surface area contributed by atoms with E-state index in [0.29, 0.717) is 12.6 Å². The first kappa shape index (κ1) is 12.3. The summed E-state index contributed by atoms with van der Waals surface area (Å²) in [5, 5.41) is 0. The molecule has 0 amide bonds. The Morgan fingerprint density at radius 3 is 2.76 bits per heavy atom. The average Bonchev–Trinajstić information content (AvgIpc) is 2.89. The minimum Gasteiger partial charge on any atom is -0.352 e. The first-order chi connectivity index (χ1) is 8.35. The maximum absolute atomic E-state index is 5.72. The van der Waals surface area contributed by atoms with E-state index < -0.39 is 0 Å². The molecule has 1 aliphatic rings. The summed E-state index contributed by atoms with van der Waals surface area (Å²) in [5.41, 5.74) is 6.83. The molecule has 0 unspecified atom stereocenters. The maximum Gasteiger partial charge on any atom is 0.132 e. The standard InChI is InChI=1S/C13H22N4/c1-2-11-9-13(16-10-15-11)17(8-7-14)12-5-3-4-6-12/h9-10,12H,2-8,14H2,1H3. The van der Waals surface area contributed by atoms with Gasteiger partial charge in [0.05, 0.1) is 0 Å². The Labute approximate surface area is 103 Å². The van der Waals surface area contributed by atoms with Gasteiger partial charge in [0, 0.05) is 30.9 Å². The molecule has 17 heavy (non-hydrogen) atoms. The topological polar surface area (TPSA) is 55.0 Å². The van der Waals surface area contributed by atoms with Gasteiger partial charge in [0.1, 0.15) is 12.1 Å². The van der Waals surface area contributed by atoms with Crippen LogP contribution in [0.4, 0.5) is 5.82 Å². The Kier molecular flexibility index (Phi) is 4.31. The van der Waals surface area contributed by atoms with Crippen LogP contribution in [0.25, 0.3) is 0 Å². The Hall–Kier alpha value is -1.16. The summed E-state index contributed by atoms with van der Waals surface area (Å²) >= 11 is 0. The number of rotatable bonds is 5. The highest BCUT2D eigenvalue weighted by Gasteiger charge is 2.23. The molecule has 0 bridgehead atoms. The number of anilines is 1. The van der Waals surface area contributed by atoms with Gasteiger partial charge in [-0.05, 0) is 19.3 Å². The van der Waals surface area contributed by atoms with Crippen LogP contribution in [0.1, 0.15) is 38.3 Å². The first-order valence-corrected chi connectivity index (χ1v) is 6.62. The average molecular weight is 234 g/mol. The Morgan fingerprint density at radius 1 is 1.35 bits per heavy atom. The van der Waals surface area contributed by atoms with Gasteiger partial charge in [-0.1, -0.05) is 19.8 Å². The van der Waals surface area contributed by atoms with Crippen LogP contribution in [0, 0.1) is 0 Å². The van der Waals surface area contributed by atoms with Crippen molar-refractivity contribution in [2.45, 2.75) is 45.1 Å².